The number of aliphatic hydroxyl groups excluding tert-OH is 1. The molecule has 0 saturated carbocycles. The standard InChI is InChI=1S/C22H23N3O5S/c1-16-23-21(25-31(27)15-12-17-8-4-3-5-9-17)20(22(24-16)29-14-13-26)30-19-11-7-6-10-18(19)28-2/h3-12,15,26H,13-14H2,1-2H3,(H,23,24,25)/b15-12+. The van der Waals surface area contributed by atoms with Crippen LogP contribution in [0.25, 0.3) is 6.08 Å². The molecule has 3 rings (SSSR count). The van der Waals surface area contributed by atoms with Crippen molar-refractivity contribution in [3.63, 3.8) is 0 Å². The van der Waals surface area contributed by atoms with Gasteiger partial charge >= 0.3 is 0 Å². The van der Waals surface area contributed by atoms with Crippen molar-refractivity contribution in [3.05, 3.63) is 71.4 Å². The van der Waals surface area contributed by atoms with E-state index in [1.54, 1.807) is 31.2 Å². The van der Waals surface area contributed by atoms with Gasteiger partial charge < -0.3 is 19.3 Å². The molecule has 0 amide bonds. The number of methoxy groups -OCH3 is 1. The Labute approximate surface area is 183 Å². The number of nitrogens with zero attached hydrogens (tertiary/aromatic N) is 2. The SMILES string of the molecule is COc1ccccc1Oc1c(NS(=O)/C=C/c2ccccc2)nc(C)nc1OCCO. The Balaban J connectivity index is 1.93. The zero-order chi connectivity index (χ0) is 22.1. The normalized spacial score (nSPS) is 11.8. The minimum Gasteiger partial charge on any atom is -0.493 e. The molecule has 0 spiro atoms. The maximum Gasteiger partial charge on any atom is 0.263 e. The van der Waals surface area contributed by atoms with Crippen LogP contribution in [0.3, 0.4) is 0 Å². The van der Waals surface area contributed by atoms with Crippen molar-refractivity contribution in [2.45, 2.75) is 6.92 Å². The maximum atomic E-state index is 12.6. The average molecular weight is 442 g/mol. The predicted octanol–water partition coefficient (Wildman–Crippen LogP) is 3.70. The lowest BCUT2D eigenvalue weighted by atomic mass is 10.2. The van der Waals surface area contributed by atoms with Gasteiger partial charge in [0.1, 0.15) is 23.4 Å². The van der Waals surface area contributed by atoms with Gasteiger partial charge in [0.15, 0.2) is 17.3 Å². The highest BCUT2D eigenvalue weighted by atomic mass is 32.2. The van der Waals surface area contributed by atoms with Crippen LogP contribution in [0.4, 0.5) is 5.82 Å². The van der Waals surface area contributed by atoms with Gasteiger partial charge in [0.2, 0.25) is 5.75 Å². The van der Waals surface area contributed by atoms with Crippen LogP contribution in [0, 0.1) is 6.92 Å². The van der Waals surface area contributed by atoms with Gasteiger partial charge in [0, 0.05) is 5.41 Å². The zero-order valence-corrected chi connectivity index (χ0v) is 18.0. The van der Waals surface area contributed by atoms with Crippen molar-refractivity contribution in [2.75, 3.05) is 25.0 Å². The van der Waals surface area contributed by atoms with E-state index in [4.69, 9.17) is 19.3 Å². The summed E-state index contributed by atoms with van der Waals surface area (Å²) in [6.45, 7) is 1.48. The summed E-state index contributed by atoms with van der Waals surface area (Å²) in [4.78, 5) is 8.59. The molecule has 162 valence electrons. The second-order valence-corrected chi connectivity index (χ2v) is 7.26. The molecule has 2 N–H and O–H groups in total. The molecule has 0 fully saturated rings. The summed E-state index contributed by atoms with van der Waals surface area (Å²) in [5.41, 5.74) is 0.911. The first-order valence-electron chi connectivity index (χ1n) is 9.44. The number of benzene rings is 2. The van der Waals surface area contributed by atoms with Crippen molar-refractivity contribution in [3.8, 4) is 23.1 Å². The van der Waals surface area contributed by atoms with Gasteiger partial charge in [0.25, 0.3) is 5.88 Å². The van der Waals surface area contributed by atoms with E-state index in [9.17, 15) is 4.21 Å². The molecule has 1 unspecified atom stereocenters. The average Bonchev–Trinajstić information content (AvgIpc) is 2.79. The van der Waals surface area contributed by atoms with E-state index < -0.39 is 11.0 Å². The highest BCUT2D eigenvalue weighted by Crippen LogP contribution is 2.39. The Bertz CT molecular complexity index is 1060. The van der Waals surface area contributed by atoms with Crippen LogP contribution < -0.4 is 18.9 Å². The van der Waals surface area contributed by atoms with Gasteiger partial charge in [-0.2, -0.15) is 4.98 Å². The number of aromatic nitrogens is 2. The van der Waals surface area contributed by atoms with Crippen LogP contribution in [0.1, 0.15) is 11.4 Å². The smallest absolute Gasteiger partial charge is 0.263 e. The van der Waals surface area contributed by atoms with E-state index in [2.05, 4.69) is 14.7 Å². The number of anilines is 1. The molecule has 31 heavy (non-hydrogen) atoms. The molecule has 0 aliphatic heterocycles. The lowest BCUT2D eigenvalue weighted by Crippen LogP contribution is -2.10. The first-order chi connectivity index (χ1) is 15.1. The Morgan fingerprint density at radius 2 is 1.77 bits per heavy atom. The first kappa shape index (κ1) is 22.3. The van der Waals surface area contributed by atoms with Crippen molar-refractivity contribution in [2.24, 2.45) is 0 Å². The Morgan fingerprint density at radius 3 is 2.48 bits per heavy atom. The molecular formula is C22H23N3O5S. The van der Waals surface area contributed by atoms with E-state index in [-0.39, 0.29) is 30.7 Å². The fourth-order valence-corrected chi connectivity index (χ4v) is 3.26. The van der Waals surface area contributed by atoms with Gasteiger partial charge in [-0.05, 0) is 30.7 Å². The minimum absolute atomic E-state index is 0.00910. The van der Waals surface area contributed by atoms with Gasteiger partial charge in [0.05, 0.1) is 13.7 Å². The fourth-order valence-electron chi connectivity index (χ4n) is 2.58. The number of hydrogen-bond donors (Lipinski definition) is 2. The molecule has 0 aliphatic rings. The molecule has 1 aromatic heterocycles. The highest BCUT2D eigenvalue weighted by molar-refractivity contribution is 7.89. The number of aliphatic hydroxyl groups is 1. The number of nitrogens with one attached hydrogen (secondary N) is 1. The molecule has 9 heteroatoms. The van der Waals surface area contributed by atoms with Crippen molar-refractivity contribution >= 4 is 22.9 Å². The molecule has 2 aromatic carbocycles. The fraction of sp³-hybridized carbons (Fsp3) is 0.182. The Hall–Kier alpha value is -3.43. The lowest BCUT2D eigenvalue weighted by molar-refractivity contribution is 0.192. The van der Waals surface area contributed by atoms with Gasteiger partial charge in [-0.3, -0.25) is 4.72 Å². The molecule has 0 saturated heterocycles. The van der Waals surface area contributed by atoms with Gasteiger partial charge in [-0.1, -0.05) is 42.5 Å². The monoisotopic (exact) mass is 441 g/mol. The molecule has 0 aliphatic carbocycles. The quantitative estimate of drug-likeness (QED) is 0.494. The second kappa shape index (κ2) is 11.1. The van der Waals surface area contributed by atoms with Crippen LogP contribution in [-0.2, 0) is 11.0 Å². The Morgan fingerprint density at radius 1 is 1.06 bits per heavy atom. The van der Waals surface area contributed by atoms with E-state index in [0.29, 0.717) is 17.3 Å². The third kappa shape index (κ3) is 6.27. The summed E-state index contributed by atoms with van der Waals surface area (Å²) in [7, 11) is -0.0788. The van der Waals surface area contributed by atoms with Crippen LogP contribution in [-0.4, -0.2) is 39.6 Å². The summed E-state index contributed by atoms with van der Waals surface area (Å²) < 4.78 is 32.3. The van der Waals surface area contributed by atoms with Crippen LogP contribution in [0.15, 0.2) is 60.0 Å². The molecule has 3 aromatic rings. The van der Waals surface area contributed by atoms with Crippen molar-refractivity contribution < 1.29 is 23.5 Å². The first-order valence-corrected chi connectivity index (χ1v) is 10.7. The highest BCUT2D eigenvalue weighted by Gasteiger charge is 2.20. The topological polar surface area (TPSA) is 103 Å². The van der Waals surface area contributed by atoms with Crippen LogP contribution >= 0.6 is 0 Å². The summed E-state index contributed by atoms with van der Waals surface area (Å²) in [6, 6.07) is 16.6. The largest absolute Gasteiger partial charge is 0.493 e. The van der Waals surface area contributed by atoms with Crippen LogP contribution in [0.2, 0.25) is 0 Å². The van der Waals surface area contributed by atoms with Crippen molar-refractivity contribution in [1.29, 1.82) is 0 Å². The van der Waals surface area contributed by atoms with E-state index in [1.807, 2.05) is 36.4 Å². The summed E-state index contributed by atoms with van der Waals surface area (Å²) in [5.74, 6) is 1.70. The lowest BCUT2D eigenvalue weighted by Gasteiger charge is -2.16. The van der Waals surface area contributed by atoms with Crippen LogP contribution in [0.5, 0.6) is 23.1 Å². The van der Waals surface area contributed by atoms with E-state index in [1.165, 1.54) is 12.5 Å². The summed E-state index contributed by atoms with van der Waals surface area (Å²) >= 11 is 0. The second-order valence-electron chi connectivity index (χ2n) is 6.19. The predicted molar refractivity (Wildman–Crippen MR) is 120 cm³/mol. The molecule has 8 nitrogen and oxygen atoms in total. The van der Waals surface area contributed by atoms with Crippen molar-refractivity contribution in [1.82, 2.24) is 9.97 Å². The molecular weight excluding hydrogens is 418 g/mol. The number of rotatable bonds is 10. The minimum atomic E-state index is -1.61. The summed E-state index contributed by atoms with van der Waals surface area (Å²) in [6.07, 6.45) is 1.74. The summed E-state index contributed by atoms with van der Waals surface area (Å²) in [5, 5.41) is 10.7. The molecule has 1 heterocycles. The molecule has 0 bridgehead atoms. The third-order valence-electron chi connectivity index (χ3n) is 3.94. The van der Waals surface area contributed by atoms with E-state index >= 15 is 0 Å². The number of para-hydroxylation sites is 2. The van der Waals surface area contributed by atoms with Gasteiger partial charge in [-0.15, -0.1) is 0 Å². The number of hydrogen-bond acceptors (Lipinski definition) is 7. The third-order valence-corrected chi connectivity index (χ3v) is 4.72. The molecule has 1 atom stereocenters. The van der Waals surface area contributed by atoms with Gasteiger partial charge in [-0.25, -0.2) is 9.19 Å². The van der Waals surface area contributed by atoms with E-state index in [0.717, 1.165) is 5.56 Å². The maximum absolute atomic E-state index is 12.6. The number of aryl methyl sites for hydroxylation is 1. The number of ether oxygens (including phenoxy) is 3. The molecule has 0 radical (unpaired) electrons. The zero-order valence-electron chi connectivity index (χ0n) is 17.1. The Kier molecular flexibility index (Phi) is 7.97.